The molecular weight excluding hydrogens is 224 g/mol. The van der Waals surface area contributed by atoms with Crippen molar-refractivity contribution in [2.24, 2.45) is 5.41 Å². The summed E-state index contributed by atoms with van der Waals surface area (Å²) in [6.07, 6.45) is 1.69. The molecule has 1 heterocycles. The third-order valence-corrected chi connectivity index (χ3v) is 3.25. The number of aromatic nitrogens is 2. The predicted octanol–water partition coefficient (Wildman–Crippen LogP) is 2.72. The number of nitrogens with zero attached hydrogens (tertiary/aromatic N) is 3. The van der Waals surface area contributed by atoms with Crippen LogP contribution in [0.25, 0.3) is 11.0 Å². The largest absolute Gasteiger partial charge is 0.345 e. The molecule has 4 nitrogen and oxygen atoms in total. The Kier molecular flexibility index (Phi) is 3.10. The molecule has 1 unspecified atom stereocenters. The minimum Gasteiger partial charge on any atom is -0.345 e. The second-order valence-electron chi connectivity index (χ2n) is 5.38. The molecule has 0 amide bonds. The van der Waals surface area contributed by atoms with Crippen LogP contribution in [-0.2, 0) is 0 Å². The van der Waals surface area contributed by atoms with Crippen molar-refractivity contribution in [3.63, 3.8) is 0 Å². The van der Waals surface area contributed by atoms with Crippen molar-refractivity contribution >= 4 is 11.0 Å². The highest BCUT2D eigenvalue weighted by atomic mass is 15.1. The molecule has 0 radical (unpaired) electrons. The molecule has 1 N–H and O–H groups in total. The first kappa shape index (κ1) is 12.6. The number of rotatable bonds is 3. The second kappa shape index (κ2) is 4.43. The van der Waals surface area contributed by atoms with Crippen molar-refractivity contribution in [2.75, 3.05) is 14.1 Å². The highest BCUT2D eigenvalue weighted by Gasteiger charge is 2.32. The third-order valence-electron chi connectivity index (χ3n) is 3.25. The molecule has 4 heteroatoms. The molecule has 1 aromatic carbocycles. The van der Waals surface area contributed by atoms with Crippen LogP contribution in [0.5, 0.6) is 0 Å². The first-order valence-electron chi connectivity index (χ1n) is 5.96. The highest BCUT2D eigenvalue weighted by Crippen LogP contribution is 2.37. The minimum atomic E-state index is -0.447. The Bertz CT molecular complexity index is 589. The van der Waals surface area contributed by atoms with E-state index in [1.807, 2.05) is 40.1 Å². The first-order valence-corrected chi connectivity index (χ1v) is 5.96. The molecule has 0 bridgehead atoms. The number of hydrogen-bond donors (Lipinski definition) is 1. The molecule has 0 aliphatic rings. The van der Waals surface area contributed by atoms with E-state index in [9.17, 15) is 5.26 Å². The molecule has 18 heavy (non-hydrogen) atoms. The van der Waals surface area contributed by atoms with Crippen molar-refractivity contribution in [3.8, 4) is 6.07 Å². The number of nitrogens with one attached hydrogen (secondary N) is 1. The minimum absolute atomic E-state index is 0.0511. The maximum atomic E-state index is 9.35. The Morgan fingerprint density at radius 3 is 2.72 bits per heavy atom. The molecule has 2 aromatic rings. The average Bonchev–Trinajstić information content (AvgIpc) is 2.75. The zero-order chi connectivity index (χ0) is 13.3. The molecule has 1 atom stereocenters. The van der Waals surface area contributed by atoms with E-state index < -0.39 is 5.41 Å². The monoisotopic (exact) mass is 242 g/mol. The lowest BCUT2D eigenvalue weighted by Gasteiger charge is -2.34. The maximum absolute atomic E-state index is 9.35. The van der Waals surface area contributed by atoms with Gasteiger partial charge in [-0.15, -0.1) is 0 Å². The lowest BCUT2D eigenvalue weighted by molar-refractivity contribution is 0.185. The SMILES string of the molecule is CN(C)C(c1ccc2nc[nH]c2c1)C(C)(C)C#N. The molecule has 0 aliphatic carbocycles. The van der Waals surface area contributed by atoms with Gasteiger partial charge in [0.05, 0.1) is 34.9 Å². The van der Waals surface area contributed by atoms with Crippen LogP contribution >= 0.6 is 0 Å². The van der Waals surface area contributed by atoms with Crippen LogP contribution in [0.2, 0.25) is 0 Å². The van der Waals surface area contributed by atoms with Gasteiger partial charge in [0.15, 0.2) is 0 Å². The van der Waals surface area contributed by atoms with Gasteiger partial charge in [-0.3, -0.25) is 0 Å². The number of fused-ring (bicyclic) bond motifs is 1. The van der Waals surface area contributed by atoms with Crippen LogP contribution < -0.4 is 0 Å². The maximum Gasteiger partial charge on any atom is 0.0931 e. The summed E-state index contributed by atoms with van der Waals surface area (Å²) < 4.78 is 0. The van der Waals surface area contributed by atoms with Crippen molar-refractivity contribution < 1.29 is 0 Å². The van der Waals surface area contributed by atoms with E-state index >= 15 is 0 Å². The van der Waals surface area contributed by atoms with Crippen molar-refractivity contribution in [3.05, 3.63) is 30.1 Å². The summed E-state index contributed by atoms with van der Waals surface area (Å²) in [5.41, 5.74) is 2.64. The second-order valence-corrected chi connectivity index (χ2v) is 5.38. The van der Waals surface area contributed by atoms with Crippen LogP contribution in [0.3, 0.4) is 0 Å². The molecule has 2 rings (SSSR count). The summed E-state index contributed by atoms with van der Waals surface area (Å²) >= 11 is 0. The number of nitriles is 1. The van der Waals surface area contributed by atoms with Crippen LogP contribution in [0, 0.1) is 16.7 Å². The van der Waals surface area contributed by atoms with Gasteiger partial charge in [0, 0.05) is 0 Å². The van der Waals surface area contributed by atoms with E-state index in [0.717, 1.165) is 16.6 Å². The topological polar surface area (TPSA) is 55.7 Å². The number of imidazole rings is 1. The van der Waals surface area contributed by atoms with E-state index in [2.05, 4.69) is 27.0 Å². The van der Waals surface area contributed by atoms with Gasteiger partial charge in [0.2, 0.25) is 0 Å². The van der Waals surface area contributed by atoms with E-state index in [0.29, 0.717) is 0 Å². The lowest BCUT2D eigenvalue weighted by Crippen LogP contribution is -2.32. The fraction of sp³-hybridized carbons (Fsp3) is 0.429. The smallest absolute Gasteiger partial charge is 0.0931 e. The van der Waals surface area contributed by atoms with Crippen LogP contribution in [0.1, 0.15) is 25.5 Å². The number of H-pyrrole nitrogens is 1. The van der Waals surface area contributed by atoms with Gasteiger partial charge in [0.25, 0.3) is 0 Å². The van der Waals surface area contributed by atoms with Crippen LogP contribution in [0.15, 0.2) is 24.5 Å². The fourth-order valence-corrected chi connectivity index (χ4v) is 2.54. The molecule has 0 spiro atoms. The van der Waals surface area contributed by atoms with E-state index in [4.69, 9.17) is 0 Å². The lowest BCUT2D eigenvalue weighted by atomic mass is 9.81. The Balaban J connectivity index is 2.52. The van der Waals surface area contributed by atoms with Gasteiger partial charge in [-0.25, -0.2) is 4.98 Å². The molecule has 0 saturated carbocycles. The van der Waals surface area contributed by atoms with Crippen LogP contribution in [-0.4, -0.2) is 29.0 Å². The zero-order valence-electron chi connectivity index (χ0n) is 11.2. The Hall–Kier alpha value is -1.86. The summed E-state index contributed by atoms with van der Waals surface area (Å²) in [5, 5.41) is 9.35. The Morgan fingerprint density at radius 1 is 1.39 bits per heavy atom. The number of hydrogen-bond acceptors (Lipinski definition) is 3. The highest BCUT2D eigenvalue weighted by molar-refractivity contribution is 5.75. The molecule has 0 fully saturated rings. The molecule has 1 aromatic heterocycles. The Morgan fingerprint density at radius 2 is 2.11 bits per heavy atom. The zero-order valence-corrected chi connectivity index (χ0v) is 11.2. The third kappa shape index (κ3) is 2.09. The van der Waals surface area contributed by atoms with E-state index in [-0.39, 0.29) is 6.04 Å². The summed E-state index contributed by atoms with van der Waals surface area (Å²) in [4.78, 5) is 9.41. The quantitative estimate of drug-likeness (QED) is 0.900. The average molecular weight is 242 g/mol. The van der Waals surface area contributed by atoms with Gasteiger partial charge in [-0.1, -0.05) is 6.07 Å². The first-order chi connectivity index (χ1) is 8.45. The fourth-order valence-electron chi connectivity index (χ4n) is 2.54. The molecule has 0 aliphatic heterocycles. The Labute approximate surface area is 107 Å². The molecular formula is C14H18N4. The predicted molar refractivity (Wildman–Crippen MR) is 71.9 cm³/mol. The van der Waals surface area contributed by atoms with Gasteiger partial charge in [0.1, 0.15) is 0 Å². The van der Waals surface area contributed by atoms with Gasteiger partial charge in [-0.2, -0.15) is 5.26 Å². The summed E-state index contributed by atoms with van der Waals surface area (Å²) in [5.74, 6) is 0. The molecule has 94 valence electrons. The number of benzene rings is 1. The normalized spacial score (nSPS) is 13.8. The van der Waals surface area contributed by atoms with Gasteiger partial charge < -0.3 is 9.88 Å². The van der Waals surface area contributed by atoms with Crippen molar-refractivity contribution in [1.29, 1.82) is 5.26 Å². The molecule has 0 saturated heterocycles. The van der Waals surface area contributed by atoms with E-state index in [1.165, 1.54) is 0 Å². The summed E-state index contributed by atoms with van der Waals surface area (Å²) in [6, 6.07) is 8.56. The van der Waals surface area contributed by atoms with Crippen LogP contribution in [0.4, 0.5) is 0 Å². The van der Waals surface area contributed by atoms with Gasteiger partial charge >= 0.3 is 0 Å². The summed E-state index contributed by atoms with van der Waals surface area (Å²) in [7, 11) is 4.00. The van der Waals surface area contributed by atoms with Crippen molar-refractivity contribution in [2.45, 2.75) is 19.9 Å². The van der Waals surface area contributed by atoms with Gasteiger partial charge in [-0.05, 0) is 45.6 Å². The number of aromatic amines is 1. The summed E-state index contributed by atoms with van der Waals surface area (Å²) in [6.45, 7) is 3.93. The van der Waals surface area contributed by atoms with Crippen molar-refractivity contribution in [1.82, 2.24) is 14.9 Å². The standard InChI is InChI=1S/C14H18N4/c1-14(2,8-15)13(18(3)4)10-5-6-11-12(7-10)17-9-16-11/h5-7,9,13H,1-4H3,(H,16,17). The van der Waals surface area contributed by atoms with E-state index in [1.54, 1.807) is 6.33 Å².